The van der Waals surface area contributed by atoms with Crippen LogP contribution in [0.4, 0.5) is 5.69 Å². The first-order valence-electron chi connectivity index (χ1n) is 7.47. The van der Waals surface area contributed by atoms with Crippen LogP contribution in [-0.2, 0) is 0 Å². The van der Waals surface area contributed by atoms with Gasteiger partial charge in [-0.05, 0) is 49.9 Å². The molecule has 1 aromatic rings. The van der Waals surface area contributed by atoms with Gasteiger partial charge in [0.05, 0.1) is 10.7 Å². The smallest absolute Gasteiger partial charge is 0.0643 e. The van der Waals surface area contributed by atoms with Crippen molar-refractivity contribution in [3.8, 4) is 0 Å². The number of nitrogens with one attached hydrogen (secondary N) is 1. The summed E-state index contributed by atoms with van der Waals surface area (Å²) in [7, 11) is 0. The van der Waals surface area contributed by atoms with Gasteiger partial charge in [-0.3, -0.25) is 0 Å². The molecule has 2 rings (SSSR count). The molecule has 1 N–H and O–H groups in total. The van der Waals surface area contributed by atoms with E-state index >= 15 is 0 Å². The maximum Gasteiger partial charge on any atom is 0.0643 e. The van der Waals surface area contributed by atoms with Gasteiger partial charge in [0.1, 0.15) is 0 Å². The summed E-state index contributed by atoms with van der Waals surface area (Å²) < 4.78 is 0. The van der Waals surface area contributed by atoms with Crippen LogP contribution in [0.3, 0.4) is 0 Å². The highest BCUT2D eigenvalue weighted by molar-refractivity contribution is 6.35. The molecule has 0 aliphatic carbocycles. The second-order valence-electron chi connectivity index (χ2n) is 5.83. The van der Waals surface area contributed by atoms with Crippen molar-refractivity contribution in [3.63, 3.8) is 0 Å². The second-order valence-corrected chi connectivity index (χ2v) is 6.64. The molecule has 0 aromatic heterocycles. The maximum absolute atomic E-state index is 6.39. The van der Waals surface area contributed by atoms with Crippen molar-refractivity contribution in [2.45, 2.75) is 39.7 Å². The molecule has 4 heteroatoms. The number of rotatable bonds is 4. The molecule has 1 aromatic carbocycles. The van der Waals surface area contributed by atoms with E-state index in [4.69, 9.17) is 23.2 Å². The van der Waals surface area contributed by atoms with E-state index in [0.717, 1.165) is 47.4 Å². The lowest BCUT2D eigenvalue weighted by atomic mass is 9.93. The Morgan fingerprint density at radius 3 is 2.70 bits per heavy atom. The van der Waals surface area contributed by atoms with Gasteiger partial charge in [0.25, 0.3) is 0 Å². The van der Waals surface area contributed by atoms with E-state index in [1.165, 1.54) is 6.42 Å². The molecule has 2 nitrogen and oxygen atoms in total. The van der Waals surface area contributed by atoms with Gasteiger partial charge >= 0.3 is 0 Å². The molecule has 0 radical (unpaired) electrons. The van der Waals surface area contributed by atoms with E-state index in [1.807, 2.05) is 19.1 Å². The molecule has 1 fully saturated rings. The SMILES string of the molecule is CCCNC1CCN(c2cc(Cl)c(C)cc2Cl)CC1C. The topological polar surface area (TPSA) is 15.3 Å². The Balaban J connectivity index is 2.07. The average molecular weight is 315 g/mol. The highest BCUT2D eigenvalue weighted by Gasteiger charge is 2.26. The number of nitrogens with zero attached hydrogens (tertiary/aromatic N) is 1. The van der Waals surface area contributed by atoms with Crippen molar-refractivity contribution in [2.24, 2.45) is 5.92 Å². The highest BCUT2D eigenvalue weighted by atomic mass is 35.5. The summed E-state index contributed by atoms with van der Waals surface area (Å²) in [5.74, 6) is 0.617. The van der Waals surface area contributed by atoms with E-state index in [1.54, 1.807) is 0 Å². The Bertz CT molecular complexity index is 462. The number of halogens is 2. The molecule has 0 spiro atoms. The summed E-state index contributed by atoms with van der Waals surface area (Å²) in [6.45, 7) is 9.67. The van der Waals surface area contributed by atoms with Crippen molar-refractivity contribution >= 4 is 28.9 Å². The van der Waals surface area contributed by atoms with Crippen molar-refractivity contribution in [1.82, 2.24) is 5.32 Å². The molecule has 1 saturated heterocycles. The lowest BCUT2D eigenvalue weighted by molar-refractivity contribution is 0.322. The molecular formula is C16H24Cl2N2. The monoisotopic (exact) mass is 314 g/mol. The van der Waals surface area contributed by atoms with E-state index in [2.05, 4.69) is 24.1 Å². The number of anilines is 1. The van der Waals surface area contributed by atoms with Crippen molar-refractivity contribution in [3.05, 3.63) is 27.7 Å². The molecule has 2 atom stereocenters. The average Bonchev–Trinajstić information content (AvgIpc) is 2.41. The largest absolute Gasteiger partial charge is 0.370 e. The van der Waals surface area contributed by atoms with E-state index in [9.17, 15) is 0 Å². The Morgan fingerprint density at radius 2 is 2.05 bits per heavy atom. The zero-order valence-corrected chi connectivity index (χ0v) is 14.1. The summed E-state index contributed by atoms with van der Waals surface area (Å²) in [6.07, 6.45) is 2.34. The Labute approximate surface area is 132 Å². The van der Waals surface area contributed by atoms with Crippen LogP contribution < -0.4 is 10.2 Å². The van der Waals surface area contributed by atoms with Crippen LogP contribution in [-0.4, -0.2) is 25.7 Å². The van der Waals surface area contributed by atoms with Gasteiger partial charge in [-0.2, -0.15) is 0 Å². The maximum atomic E-state index is 6.39. The molecule has 0 bridgehead atoms. The van der Waals surface area contributed by atoms with Gasteiger partial charge in [0, 0.05) is 24.2 Å². The predicted octanol–water partition coefficient (Wildman–Crippen LogP) is 4.52. The number of benzene rings is 1. The van der Waals surface area contributed by atoms with Crippen LogP contribution in [0.25, 0.3) is 0 Å². The molecule has 20 heavy (non-hydrogen) atoms. The standard InChI is InChI=1S/C16H24Cl2N2/c1-4-6-19-15-5-7-20(10-12(15)3)16-9-13(17)11(2)8-14(16)18/h8-9,12,15,19H,4-7,10H2,1-3H3. The first-order chi connectivity index (χ1) is 9.52. The number of hydrogen-bond donors (Lipinski definition) is 1. The van der Waals surface area contributed by atoms with E-state index < -0.39 is 0 Å². The van der Waals surface area contributed by atoms with E-state index in [0.29, 0.717) is 12.0 Å². The molecule has 1 heterocycles. The minimum absolute atomic E-state index is 0.617. The minimum Gasteiger partial charge on any atom is -0.370 e. The zero-order chi connectivity index (χ0) is 14.7. The Kier molecular flexibility index (Phi) is 5.59. The van der Waals surface area contributed by atoms with Crippen molar-refractivity contribution in [2.75, 3.05) is 24.5 Å². The third kappa shape index (κ3) is 3.60. The van der Waals surface area contributed by atoms with E-state index in [-0.39, 0.29) is 0 Å². The molecule has 1 aliphatic rings. The van der Waals surface area contributed by atoms with Crippen molar-refractivity contribution < 1.29 is 0 Å². The summed E-state index contributed by atoms with van der Waals surface area (Å²) in [6, 6.07) is 4.59. The van der Waals surface area contributed by atoms with Crippen LogP contribution in [0, 0.1) is 12.8 Å². The number of aryl methyl sites for hydroxylation is 1. The molecule has 1 aliphatic heterocycles. The van der Waals surface area contributed by atoms with Gasteiger partial charge < -0.3 is 10.2 Å². The molecule has 0 amide bonds. The first kappa shape index (κ1) is 15.9. The Morgan fingerprint density at radius 1 is 1.30 bits per heavy atom. The van der Waals surface area contributed by atoms with Gasteiger partial charge in [0.15, 0.2) is 0 Å². The summed E-state index contributed by atoms with van der Waals surface area (Å²) >= 11 is 12.6. The molecular weight excluding hydrogens is 291 g/mol. The Hall–Kier alpha value is -0.440. The van der Waals surface area contributed by atoms with Gasteiger partial charge in [-0.25, -0.2) is 0 Å². The van der Waals surface area contributed by atoms with Crippen LogP contribution in [0.15, 0.2) is 12.1 Å². The second kappa shape index (κ2) is 7.02. The molecule has 2 unspecified atom stereocenters. The fraction of sp³-hybridized carbons (Fsp3) is 0.625. The summed E-state index contributed by atoms with van der Waals surface area (Å²) in [5.41, 5.74) is 2.11. The molecule has 112 valence electrons. The van der Waals surface area contributed by atoms with Crippen LogP contribution in [0.2, 0.25) is 10.0 Å². The fourth-order valence-electron chi connectivity index (χ4n) is 2.88. The number of hydrogen-bond acceptors (Lipinski definition) is 2. The summed E-state index contributed by atoms with van der Waals surface area (Å²) in [4.78, 5) is 2.36. The quantitative estimate of drug-likeness (QED) is 0.879. The lowest BCUT2D eigenvalue weighted by Gasteiger charge is -2.39. The third-order valence-corrected chi connectivity index (χ3v) is 4.84. The minimum atomic E-state index is 0.617. The first-order valence-corrected chi connectivity index (χ1v) is 8.22. The normalized spacial score (nSPS) is 23.1. The van der Waals surface area contributed by atoms with Gasteiger partial charge in [-0.1, -0.05) is 37.0 Å². The molecule has 0 saturated carbocycles. The lowest BCUT2D eigenvalue weighted by Crippen LogP contribution is -2.48. The number of piperidine rings is 1. The fourth-order valence-corrected chi connectivity index (χ4v) is 3.37. The predicted molar refractivity (Wildman–Crippen MR) is 89.3 cm³/mol. The van der Waals surface area contributed by atoms with Crippen molar-refractivity contribution in [1.29, 1.82) is 0 Å². The third-order valence-electron chi connectivity index (χ3n) is 4.13. The van der Waals surface area contributed by atoms with Crippen LogP contribution in [0.5, 0.6) is 0 Å². The highest BCUT2D eigenvalue weighted by Crippen LogP contribution is 2.34. The van der Waals surface area contributed by atoms with Crippen LogP contribution in [0.1, 0.15) is 32.3 Å². The van der Waals surface area contributed by atoms with Crippen LogP contribution >= 0.6 is 23.2 Å². The zero-order valence-electron chi connectivity index (χ0n) is 12.5. The van der Waals surface area contributed by atoms with Gasteiger partial charge in [-0.15, -0.1) is 0 Å². The van der Waals surface area contributed by atoms with Gasteiger partial charge in [0.2, 0.25) is 0 Å². The summed E-state index contributed by atoms with van der Waals surface area (Å²) in [5, 5.41) is 5.24.